The molecule has 0 radical (unpaired) electrons. The van der Waals surface area contributed by atoms with Gasteiger partial charge in [-0.05, 0) is 25.1 Å². The Morgan fingerprint density at radius 3 is 2.59 bits per heavy atom. The topological polar surface area (TPSA) is 109 Å². The largest absolute Gasteiger partial charge is 0.506 e. The molecule has 0 spiro atoms. The molecule has 2 rings (SSSR count). The molecule has 0 fully saturated rings. The molecule has 3 N–H and O–H groups in total. The Morgan fingerprint density at radius 1 is 1.36 bits per heavy atom. The van der Waals surface area contributed by atoms with Crippen molar-refractivity contribution in [3.05, 3.63) is 39.9 Å². The molecule has 7 nitrogen and oxygen atoms in total. The van der Waals surface area contributed by atoms with Crippen molar-refractivity contribution < 1.29 is 24.2 Å². The van der Waals surface area contributed by atoms with Gasteiger partial charge in [-0.2, -0.15) is 0 Å². The summed E-state index contributed by atoms with van der Waals surface area (Å²) in [5, 5.41) is 21.1. The molecule has 2 aromatic rings. The van der Waals surface area contributed by atoms with E-state index in [4.69, 9.17) is 5.11 Å². The van der Waals surface area contributed by atoms with Gasteiger partial charge in [-0.25, -0.2) is 4.39 Å². The smallest absolute Gasteiger partial charge is 0.325 e. The van der Waals surface area contributed by atoms with Gasteiger partial charge in [0.25, 0.3) is 11.5 Å². The molecule has 8 heteroatoms. The number of pyridine rings is 1. The highest BCUT2D eigenvalue weighted by molar-refractivity contribution is 6.03. The van der Waals surface area contributed by atoms with Gasteiger partial charge in [-0.15, -0.1) is 0 Å². The van der Waals surface area contributed by atoms with Crippen LogP contribution >= 0.6 is 0 Å². The van der Waals surface area contributed by atoms with Crippen molar-refractivity contribution in [1.29, 1.82) is 0 Å². The molecule has 22 heavy (non-hydrogen) atoms. The standard InChI is InChI=1S/C14H13FN2O5/c1-6(14(21)22)16-12(19)10-11(18)8-4-3-7(15)5-9(8)17(2)13(10)20/h3-6,18H,1-2H3,(H,16,19)(H,21,22). The Balaban J connectivity index is 2.65. The van der Waals surface area contributed by atoms with Crippen LogP contribution in [0.15, 0.2) is 23.0 Å². The molecular weight excluding hydrogens is 295 g/mol. The molecule has 0 aliphatic heterocycles. The van der Waals surface area contributed by atoms with Crippen molar-refractivity contribution >= 4 is 22.8 Å². The minimum atomic E-state index is -1.28. The number of carbonyl (C=O) groups is 2. The summed E-state index contributed by atoms with van der Waals surface area (Å²) in [5.41, 5.74) is -1.33. The molecule has 0 aliphatic rings. The van der Waals surface area contributed by atoms with Crippen LogP contribution in [0.3, 0.4) is 0 Å². The Hall–Kier alpha value is -2.90. The molecule has 1 heterocycles. The molecule has 1 atom stereocenters. The summed E-state index contributed by atoms with van der Waals surface area (Å²) in [4.78, 5) is 35.0. The van der Waals surface area contributed by atoms with E-state index in [1.165, 1.54) is 20.0 Å². The maximum Gasteiger partial charge on any atom is 0.325 e. The van der Waals surface area contributed by atoms with Crippen LogP contribution < -0.4 is 10.9 Å². The average Bonchev–Trinajstić information content (AvgIpc) is 2.44. The first-order valence-electron chi connectivity index (χ1n) is 6.29. The number of aromatic nitrogens is 1. The van der Waals surface area contributed by atoms with E-state index < -0.39 is 40.6 Å². The highest BCUT2D eigenvalue weighted by Crippen LogP contribution is 2.26. The fourth-order valence-electron chi connectivity index (χ4n) is 2.03. The zero-order valence-electron chi connectivity index (χ0n) is 11.8. The van der Waals surface area contributed by atoms with Gasteiger partial charge < -0.3 is 20.1 Å². The molecule has 0 saturated heterocycles. The zero-order chi connectivity index (χ0) is 16.6. The Morgan fingerprint density at radius 2 is 2.00 bits per heavy atom. The highest BCUT2D eigenvalue weighted by atomic mass is 19.1. The second-order valence-electron chi connectivity index (χ2n) is 4.78. The summed E-state index contributed by atoms with van der Waals surface area (Å²) in [6, 6.07) is 2.13. The second-order valence-corrected chi connectivity index (χ2v) is 4.78. The first kappa shape index (κ1) is 15.5. The number of nitrogens with zero attached hydrogens (tertiary/aromatic N) is 1. The second kappa shape index (κ2) is 5.47. The van der Waals surface area contributed by atoms with Crippen LogP contribution in [0.2, 0.25) is 0 Å². The SMILES string of the molecule is CC(NC(=O)c1c(O)c2ccc(F)cc2n(C)c1=O)C(=O)O. The number of nitrogens with one attached hydrogen (secondary N) is 1. The number of benzene rings is 1. The van der Waals surface area contributed by atoms with Crippen LogP contribution in [0.1, 0.15) is 17.3 Å². The third kappa shape index (κ3) is 2.50. The number of fused-ring (bicyclic) bond motifs is 1. The highest BCUT2D eigenvalue weighted by Gasteiger charge is 2.24. The van der Waals surface area contributed by atoms with Crippen molar-refractivity contribution in [3.8, 4) is 5.75 Å². The number of hydrogen-bond donors (Lipinski definition) is 3. The van der Waals surface area contributed by atoms with Crippen LogP contribution in [-0.2, 0) is 11.8 Å². The normalized spacial score (nSPS) is 12.1. The lowest BCUT2D eigenvalue weighted by molar-refractivity contribution is -0.138. The van der Waals surface area contributed by atoms with E-state index in [-0.39, 0.29) is 10.9 Å². The molecule has 0 saturated carbocycles. The van der Waals surface area contributed by atoms with Gasteiger partial charge in [0.05, 0.1) is 5.52 Å². The van der Waals surface area contributed by atoms with Crippen LogP contribution in [0.5, 0.6) is 5.75 Å². The zero-order valence-corrected chi connectivity index (χ0v) is 11.8. The van der Waals surface area contributed by atoms with Gasteiger partial charge >= 0.3 is 5.97 Å². The van der Waals surface area contributed by atoms with Gasteiger partial charge in [0.2, 0.25) is 0 Å². The van der Waals surface area contributed by atoms with Gasteiger partial charge in [0, 0.05) is 12.4 Å². The Bertz CT molecular complexity index is 843. The monoisotopic (exact) mass is 308 g/mol. The lowest BCUT2D eigenvalue weighted by atomic mass is 10.1. The third-order valence-corrected chi connectivity index (χ3v) is 3.28. The van der Waals surface area contributed by atoms with Crippen molar-refractivity contribution in [2.24, 2.45) is 7.05 Å². The number of carboxylic acids is 1. The van der Waals surface area contributed by atoms with Crippen molar-refractivity contribution in [2.45, 2.75) is 13.0 Å². The van der Waals surface area contributed by atoms with Crippen LogP contribution in [-0.4, -0.2) is 32.7 Å². The molecule has 116 valence electrons. The quantitative estimate of drug-likeness (QED) is 0.769. The van der Waals surface area contributed by atoms with Crippen LogP contribution in [0.4, 0.5) is 4.39 Å². The molecule has 1 aromatic carbocycles. The van der Waals surface area contributed by atoms with E-state index in [2.05, 4.69) is 5.32 Å². The van der Waals surface area contributed by atoms with E-state index >= 15 is 0 Å². The number of amides is 1. The maximum atomic E-state index is 13.3. The van der Waals surface area contributed by atoms with Crippen molar-refractivity contribution in [2.75, 3.05) is 0 Å². The van der Waals surface area contributed by atoms with E-state index in [0.717, 1.165) is 16.7 Å². The summed E-state index contributed by atoms with van der Waals surface area (Å²) in [5.74, 6) is -3.52. The summed E-state index contributed by atoms with van der Waals surface area (Å²) >= 11 is 0. The third-order valence-electron chi connectivity index (χ3n) is 3.28. The lowest BCUT2D eigenvalue weighted by Gasteiger charge is -2.13. The predicted molar refractivity (Wildman–Crippen MR) is 75.4 cm³/mol. The number of carbonyl (C=O) groups excluding carboxylic acids is 1. The van der Waals surface area contributed by atoms with Crippen molar-refractivity contribution in [3.63, 3.8) is 0 Å². The summed E-state index contributed by atoms with van der Waals surface area (Å²) < 4.78 is 14.3. The molecular formula is C14H13FN2O5. The summed E-state index contributed by atoms with van der Waals surface area (Å²) in [6.45, 7) is 1.22. The molecule has 0 aliphatic carbocycles. The lowest BCUT2D eigenvalue weighted by Crippen LogP contribution is -2.41. The van der Waals surface area contributed by atoms with E-state index in [1.807, 2.05) is 0 Å². The first-order valence-corrected chi connectivity index (χ1v) is 6.29. The van der Waals surface area contributed by atoms with Gasteiger partial charge in [-0.1, -0.05) is 0 Å². The number of carboxylic acid groups (broad SMARTS) is 1. The number of aryl methyl sites for hydroxylation is 1. The van der Waals surface area contributed by atoms with Gasteiger partial charge in [0.1, 0.15) is 23.2 Å². The van der Waals surface area contributed by atoms with E-state index in [9.17, 15) is 23.9 Å². The fourth-order valence-corrected chi connectivity index (χ4v) is 2.03. The number of rotatable bonds is 3. The van der Waals surface area contributed by atoms with E-state index in [0.29, 0.717) is 0 Å². The Kier molecular flexibility index (Phi) is 3.85. The first-order chi connectivity index (χ1) is 10.2. The number of aliphatic carboxylic acids is 1. The van der Waals surface area contributed by atoms with Gasteiger partial charge in [0.15, 0.2) is 0 Å². The van der Waals surface area contributed by atoms with Gasteiger partial charge in [-0.3, -0.25) is 14.4 Å². The summed E-state index contributed by atoms with van der Waals surface area (Å²) in [6.07, 6.45) is 0. The van der Waals surface area contributed by atoms with E-state index in [1.54, 1.807) is 0 Å². The number of hydrogen-bond acceptors (Lipinski definition) is 4. The predicted octanol–water partition coefficient (Wildman–Crippen LogP) is 0.586. The maximum absolute atomic E-state index is 13.3. The van der Waals surface area contributed by atoms with Crippen molar-refractivity contribution in [1.82, 2.24) is 9.88 Å². The molecule has 1 amide bonds. The molecule has 0 bridgehead atoms. The molecule has 1 unspecified atom stereocenters. The minimum absolute atomic E-state index is 0.108. The molecule has 1 aromatic heterocycles. The summed E-state index contributed by atoms with van der Waals surface area (Å²) in [7, 11) is 1.32. The minimum Gasteiger partial charge on any atom is -0.506 e. The number of aromatic hydroxyl groups is 1. The van der Waals surface area contributed by atoms with Crippen LogP contribution in [0.25, 0.3) is 10.9 Å². The Labute approximate surface area is 123 Å². The van der Waals surface area contributed by atoms with Crippen LogP contribution in [0, 0.1) is 5.82 Å². The fraction of sp³-hybridized carbons (Fsp3) is 0.214. The number of halogens is 1. The average molecular weight is 308 g/mol.